The summed E-state index contributed by atoms with van der Waals surface area (Å²) in [4.78, 5) is 12.5. The number of thioether (sulfide) groups is 1. The molecular weight excluding hydrogens is 492 g/mol. The average Bonchev–Trinajstić information content (AvgIpc) is 3.24. The molecule has 0 saturated carbocycles. The van der Waals surface area contributed by atoms with Gasteiger partial charge >= 0.3 is 0 Å². The summed E-state index contributed by atoms with van der Waals surface area (Å²) in [7, 11) is 1.59. The van der Waals surface area contributed by atoms with Crippen LogP contribution in [-0.4, -0.2) is 38.6 Å². The lowest BCUT2D eigenvalue weighted by Gasteiger charge is -2.11. The Morgan fingerprint density at radius 2 is 1.84 bits per heavy atom. The van der Waals surface area contributed by atoms with E-state index in [1.165, 1.54) is 11.8 Å². The number of anilines is 1. The molecule has 3 aromatic carbocycles. The number of phenols is 1. The number of nitrogens with zero attached hydrogens (tertiary/aromatic N) is 3. The molecule has 1 heterocycles. The van der Waals surface area contributed by atoms with E-state index in [0.717, 1.165) is 15.9 Å². The number of ether oxygens (including phenoxy) is 1. The molecule has 0 spiro atoms. The van der Waals surface area contributed by atoms with Crippen molar-refractivity contribution in [1.82, 2.24) is 14.8 Å². The number of halogens is 1. The Morgan fingerprint density at radius 1 is 1.09 bits per heavy atom. The van der Waals surface area contributed by atoms with E-state index in [1.807, 2.05) is 34.9 Å². The van der Waals surface area contributed by atoms with Crippen molar-refractivity contribution in [2.24, 2.45) is 0 Å². The van der Waals surface area contributed by atoms with E-state index in [1.54, 1.807) is 49.6 Å². The van der Waals surface area contributed by atoms with Gasteiger partial charge in [-0.2, -0.15) is 0 Å². The van der Waals surface area contributed by atoms with Gasteiger partial charge in [0.2, 0.25) is 5.91 Å². The third kappa shape index (κ3) is 4.95. The maximum Gasteiger partial charge on any atom is 0.234 e. The summed E-state index contributed by atoms with van der Waals surface area (Å²) in [5.74, 6) is 1.26. The molecule has 0 bridgehead atoms. The molecule has 0 aliphatic heterocycles. The summed E-state index contributed by atoms with van der Waals surface area (Å²) in [6.07, 6.45) is 0. The molecule has 9 heteroatoms. The van der Waals surface area contributed by atoms with Gasteiger partial charge in [0.15, 0.2) is 11.0 Å². The van der Waals surface area contributed by atoms with Crippen LogP contribution in [0.2, 0.25) is 0 Å². The molecule has 32 heavy (non-hydrogen) atoms. The van der Waals surface area contributed by atoms with Crippen molar-refractivity contribution in [2.75, 3.05) is 18.2 Å². The van der Waals surface area contributed by atoms with Crippen molar-refractivity contribution in [3.05, 3.63) is 77.3 Å². The number of rotatable bonds is 7. The molecule has 0 radical (unpaired) electrons. The Bertz CT molecular complexity index is 1230. The van der Waals surface area contributed by atoms with E-state index in [0.29, 0.717) is 22.2 Å². The minimum Gasteiger partial charge on any atom is -0.507 e. The van der Waals surface area contributed by atoms with Crippen LogP contribution in [0.5, 0.6) is 11.5 Å². The molecular formula is C23H19BrN4O3S. The number of aromatic nitrogens is 3. The lowest BCUT2D eigenvalue weighted by molar-refractivity contribution is -0.113. The first-order valence-corrected chi connectivity index (χ1v) is 11.4. The Hall–Kier alpha value is -3.30. The highest BCUT2D eigenvalue weighted by molar-refractivity contribution is 9.10. The van der Waals surface area contributed by atoms with Crippen LogP contribution < -0.4 is 10.1 Å². The third-order valence-corrected chi connectivity index (χ3v) is 5.98. The van der Waals surface area contributed by atoms with Crippen molar-refractivity contribution < 1.29 is 14.6 Å². The van der Waals surface area contributed by atoms with Crippen molar-refractivity contribution >= 4 is 39.3 Å². The Kier molecular flexibility index (Phi) is 6.77. The second kappa shape index (κ2) is 9.88. The van der Waals surface area contributed by atoms with Crippen LogP contribution in [-0.2, 0) is 4.79 Å². The lowest BCUT2D eigenvalue weighted by atomic mass is 10.2. The molecule has 4 aromatic rings. The van der Waals surface area contributed by atoms with Gasteiger partial charge in [0.25, 0.3) is 0 Å². The SMILES string of the molecule is COc1ccc(NC(=O)CSc2nnc(-c3cc(Br)ccc3O)n2-c2ccccc2)cc1. The summed E-state index contributed by atoms with van der Waals surface area (Å²) in [6.45, 7) is 0. The van der Waals surface area contributed by atoms with Crippen LogP contribution in [0, 0.1) is 0 Å². The van der Waals surface area contributed by atoms with Gasteiger partial charge in [0.1, 0.15) is 11.5 Å². The molecule has 162 valence electrons. The molecule has 0 aliphatic carbocycles. The van der Waals surface area contributed by atoms with E-state index in [9.17, 15) is 9.90 Å². The standard InChI is InChI=1S/C23H19BrN4O3S/c1-31-18-10-8-16(9-11-18)25-21(30)14-32-23-27-26-22(19-13-15(24)7-12-20(19)29)28(23)17-5-3-2-4-6-17/h2-13,29H,14H2,1H3,(H,25,30). The highest BCUT2D eigenvalue weighted by atomic mass is 79.9. The number of phenolic OH excluding ortho intramolecular Hbond substituents is 1. The number of carbonyl (C=O) groups is 1. The monoisotopic (exact) mass is 510 g/mol. The summed E-state index contributed by atoms with van der Waals surface area (Å²) in [5.41, 5.74) is 2.04. The van der Waals surface area contributed by atoms with Crippen molar-refractivity contribution in [1.29, 1.82) is 0 Å². The first kappa shape index (κ1) is 21.9. The van der Waals surface area contributed by atoms with Crippen molar-refractivity contribution in [3.63, 3.8) is 0 Å². The molecule has 0 fully saturated rings. The number of carbonyl (C=O) groups excluding carboxylic acids is 1. The third-order valence-electron chi connectivity index (χ3n) is 4.55. The smallest absolute Gasteiger partial charge is 0.234 e. The van der Waals surface area contributed by atoms with Gasteiger partial charge in [-0.1, -0.05) is 45.9 Å². The number of methoxy groups -OCH3 is 1. The van der Waals surface area contributed by atoms with Gasteiger partial charge < -0.3 is 15.2 Å². The lowest BCUT2D eigenvalue weighted by Crippen LogP contribution is -2.14. The van der Waals surface area contributed by atoms with E-state index in [-0.39, 0.29) is 17.4 Å². The summed E-state index contributed by atoms with van der Waals surface area (Å²) >= 11 is 4.70. The van der Waals surface area contributed by atoms with Crippen molar-refractivity contribution in [2.45, 2.75) is 5.16 Å². The predicted molar refractivity (Wildman–Crippen MR) is 129 cm³/mol. The van der Waals surface area contributed by atoms with Crippen LogP contribution in [0.3, 0.4) is 0 Å². The van der Waals surface area contributed by atoms with Crippen molar-refractivity contribution in [3.8, 4) is 28.6 Å². The Balaban J connectivity index is 1.59. The maximum absolute atomic E-state index is 12.5. The average molecular weight is 511 g/mol. The Morgan fingerprint density at radius 3 is 2.56 bits per heavy atom. The maximum atomic E-state index is 12.5. The van der Waals surface area contributed by atoms with E-state index < -0.39 is 0 Å². The summed E-state index contributed by atoms with van der Waals surface area (Å²) in [5, 5.41) is 22.4. The van der Waals surface area contributed by atoms with Crippen LogP contribution in [0.1, 0.15) is 0 Å². The fraction of sp³-hybridized carbons (Fsp3) is 0.0870. The zero-order valence-corrected chi connectivity index (χ0v) is 19.4. The number of para-hydroxylation sites is 1. The fourth-order valence-corrected chi connectivity index (χ4v) is 4.15. The van der Waals surface area contributed by atoms with Gasteiger partial charge in [-0.15, -0.1) is 10.2 Å². The molecule has 1 amide bonds. The zero-order chi connectivity index (χ0) is 22.5. The second-order valence-electron chi connectivity index (χ2n) is 6.70. The minimum absolute atomic E-state index is 0.0894. The van der Waals surface area contributed by atoms with Crippen LogP contribution >= 0.6 is 27.7 Å². The fourth-order valence-electron chi connectivity index (χ4n) is 3.04. The first-order chi connectivity index (χ1) is 15.5. The molecule has 0 saturated heterocycles. The van der Waals surface area contributed by atoms with Crippen LogP contribution in [0.15, 0.2) is 82.4 Å². The van der Waals surface area contributed by atoms with Gasteiger partial charge in [0, 0.05) is 15.8 Å². The van der Waals surface area contributed by atoms with Gasteiger partial charge in [-0.3, -0.25) is 9.36 Å². The quantitative estimate of drug-likeness (QED) is 0.334. The summed E-state index contributed by atoms with van der Waals surface area (Å²) in [6, 6.07) is 21.8. The number of amides is 1. The number of hydrogen-bond donors (Lipinski definition) is 2. The van der Waals surface area contributed by atoms with Gasteiger partial charge in [-0.05, 0) is 54.6 Å². The molecule has 0 atom stereocenters. The topological polar surface area (TPSA) is 89.3 Å². The van der Waals surface area contributed by atoms with Crippen LogP contribution in [0.25, 0.3) is 17.1 Å². The van der Waals surface area contributed by atoms with E-state index in [4.69, 9.17) is 4.74 Å². The largest absolute Gasteiger partial charge is 0.507 e. The van der Waals surface area contributed by atoms with Crippen LogP contribution in [0.4, 0.5) is 5.69 Å². The first-order valence-electron chi connectivity index (χ1n) is 9.61. The highest BCUT2D eigenvalue weighted by Gasteiger charge is 2.19. The second-order valence-corrected chi connectivity index (χ2v) is 8.56. The number of benzene rings is 3. The molecule has 0 aliphatic rings. The molecule has 1 aromatic heterocycles. The number of nitrogens with one attached hydrogen (secondary N) is 1. The zero-order valence-electron chi connectivity index (χ0n) is 17.0. The van der Waals surface area contributed by atoms with Gasteiger partial charge in [-0.25, -0.2) is 0 Å². The number of hydrogen-bond acceptors (Lipinski definition) is 6. The van der Waals surface area contributed by atoms with E-state index >= 15 is 0 Å². The van der Waals surface area contributed by atoms with Gasteiger partial charge in [0.05, 0.1) is 18.4 Å². The normalized spacial score (nSPS) is 10.7. The molecule has 7 nitrogen and oxygen atoms in total. The van der Waals surface area contributed by atoms with E-state index in [2.05, 4.69) is 31.4 Å². The minimum atomic E-state index is -0.172. The summed E-state index contributed by atoms with van der Waals surface area (Å²) < 4.78 is 7.77. The molecule has 4 rings (SSSR count). The highest BCUT2D eigenvalue weighted by Crippen LogP contribution is 2.34. The number of aromatic hydroxyl groups is 1. The molecule has 0 unspecified atom stereocenters. The predicted octanol–water partition coefficient (Wildman–Crippen LogP) is 5.14. The Labute approximate surface area is 197 Å². The molecule has 2 N–H and O–H groups in total.